The van der Waals surface area contributed by atoms with Gasteiger partial charge in [-0.05, 0) is 0 Å². The Kier molecular flexibility index (Phi) is 6.00. The molecule has 0 bridgehead atoms. The van der Waals surface area contributed by atoms with E-state index in [1.807, 2.05) is 0 Å². The van der Waals surface area contributed by atoms with E-state index in [0.29, 0.717) is 12.1 Å². The van der Waals surface area contributed by atoms with E-state index in [2.05, 4.69) is 0 Å². The molecule has 0 heterocycles. The molecule has 0 atom stereocenters. The minimum Gasteiger partial charge on any atom is -0.863 e. The molecule has 1 rings (SSSR count). The van der Waals surface area contributed by atoms with Crippen LogP contribution in [0.15, 0.2) is 12.1 Å². The van der Waals surface area contributed by atoms with E-state index in [1.165, 1.54) is 0 Å². The molecule has 0 fully saturated rings. The second kappa shape index (κ2) is 6.27. The van der Waals surface area contributed by atoms with Gasteiger partial charge in [-0.3, -0.25) is 30.3 Å². The number of benzene rings is 1. The van der Waals surface area contributed by atoms with Gasteiger partial charge in [0.1, 0.15) is 0 Å². The van der Waals surface area contributed by atoms with Gasteiger partial charge in [-0.25, -0.2) is 0 Å². The van der Waals surface area contributed by atoms with Crippen molar-refractivity contribution in [2.45, 2.75) is 0 Å². The van der Waals surface area contributed by atoms with E-state index in [1.54, 1.807) is 0 Å². The predicted octanol–water partition coefficient (Wildman–Crippen LogP) is -2.51. The van der Waals surface area contributed by atoms with Crippen LogP contribution in [0.5, 0.6) is 5.75 Å². The van der Waals surface area contributed by atoms with Crippen LogP contribution >= 0.6 is 0 Å². The van der Waals surface area contributed by atoms with E-state index in [0.717, 1.165) is 0 Å². The molecule has 0 saturated heterocycles. The number of hydrogen-bond donors (Lipinski definition) is 0. The first-order valence-electron chi connectivity index (χ1n) is 3.63. The molecule has 0 aromatic heterocycles. The van der Waals surface area contributed by atoms with Gasteiger partial charge in [0.2, 0.25) is 0 Å². The third-order valence-corrected chi connectivity index (χ3v) is 1.64. The molecule has 0 radical (unpaired) electrons. The monoisotopic (exact) mass is 361 g/mol. The fraction of sp³-hybridized carbons (Fsp3) is 0. The summed E-state index contributed by atoms with van der Waals surface area (Å²) in [4.78, 5) is 27.5. The van der Waals surface area contributed by atoms with Crippen molar-refractivity contribution in [3.05, 3.63) is 42.5 Å². The quantitative estimate of drug-likeness (QED) is 0.426. The molecule has 0 spiro atoms. The van der Waals surface area contributed by atoms with Gasteiger partial charge in [-0.1, -0.05) is 0 Å². The Balaban J connectivity index is 0.00000256. The van der Waals surface area contributed by atoms with Crippen LogP contribution in [0.25, 0.3) is 0 Å². The van der Waals surface area contributed by atoms with Gasteiger partial charge in [0, 0.05) is 0 Å². The zero-order valence-electron chi connectivity index (χ0n) is 8.35. The zero-order valence-corrected chi connectivity index (χ0v) is 14.6. The predicted molar refractivity (Wildman–Crippen MR) is 45.9 cm³/mol. The molecule has 0 aliphatic carbocycles. The van der Waals surface area contributed by atoms with Gasteiger partial charge in [0.05, 0.1) is 32.7 Å². The van der Waals surface area contributed by atoms with Crippen LogP contribution in [0, 0.1) is 30.3 Å². The third kappa shape index (κ3) is 3.62. The molecule has 0 aliphatic heterocycles. The number of nitro benzene ring substituents is 3. The SMILES string of the molecule is O=[N+]([O-])c1cc([N+](=O)[O-])c([O-])c([N+](=O)[O-])c1.[Cs+]. The molecule has 1 aromatic carbocycles. The first-order valence-corrected chi connectivity index (χ1v) is 3.63. The normalized spacial score (nSPS) is 9.18. The zero-order chi connectivity index (χ0) is 12.5. The Morgan fingerprint density at radius 1 is 0.824 bits per heavy atom. The van der Waals surface area contributed by atoms with Crippen molar-refractivity contribution in [1.82, 2.24) is 0 Å². The minimum atomic E-state index is -1.46. The Morgan fingerprint density at radius 2 is 1.18 bits per heavy atom. The average molecular weight is 361 g/mol. The Hall–Kier alpha value is -0.728. The second-order valence-electron chi connectivity index (χ2n) is 2.58. The van der Waals surface area contributed by atoms with Gasteiger partial charge >= 0.3 is 68.9 Å². The molecule has 1 aromatic rings. The largest absolute Gasteiger partial charge is 1.00 e. The molecule has 17 heavy (non-hydrogen) atoms. The van der Waals surface area contributed by atoms with Gasteiger partial charge in [0.15, 0.2) is 0 Å². The molecule has 0 N–H and O–H groups in total. The van der Waals surface area contributed by atoms with Crippen LogP contribution in [-0.2, 0) is 0 Å². The summed E-state index contributed by atoms with van der Waals surface area (Å²) in [6.07, 6.45) is 0. The summed E-state index contributed by atoms with van der Waals surface area (Å²) in [7, 11) is 0. The Morgan fingerprint density at radius 3 is 1.41 bits per heavy atom. The summed E-state index contributed by atoms with van der Waals surface area (Å²) in [5.41, 5.74) is -3.26. The van der Waals surface area contributed by atoms with Crippen LogP contribution in [0.2, 0.25) is 0 Å². The van der Waals surface area contributed by atoms with E-state index < -0.39 is 37.6 Å². The van der Waals surface area contributed by atoms with Crippen LogP contribution < -0.4 is 74.0 Å². The molecule has 0 unspecified atom stereocenters. The average Bonchev–Trinajstić information content (AvgIpc) is 2.16. The van der Waals surface area contributed by atoms with Crippen LogP contribution in [0.1, 0.15) is 0 Å². The molecule has 0 amide bonds. The van der Waals surface area contributed by atoms with Crippen LogP contribution in [0.4, 0.5) is 17.1 Å². The van der Waals surface area contributed by atoms with Crippen molar-refractivity contribution >= 4 is 17.1 Å². The number of nitro groups is 3. The maximum absolute atomic E-state index is 11.1. The van der Waals surface area contributed by atoms with Gasteiger partial charge < -0.3 is 5.11 Å². The summed E-state index contributed by atoms with van der Waals surface area (Å²) >= 11 is 0. The van der Waals surface area contributed by atoms with Crippen molar-refractivity contribution < 1.29 is 88.8 Å². The molecule has 10 nitrogen and oxygen atoms in total. The number of non-ortho nitro benzene ring substituents is 1. The van der Waals surface area contributed by atoms with Crippen LogP contribution in [-0.4, -0.2) is 14.8 Å². The van der Waals surface area contributed by atoms with Crippen molar-refractivity contribution in [1.29, 1.82) is 0 Å². The van der Waals surface area contributed by atoms with Gasteiger partial charge in [-0.15, -0.1) is 0 Å². The number of nitrogens with zero attached hydrogens (tertiary/aromatic N) is 3. The smallest absolute Gasteiger partial charge is 0.863 e. The number of hydrogen-bond acceptors (Lipinski definition) is 7. The van der Waals surface area contributed by atoms with E-state index in [4.69, 9.17) is 0 Å². The molecular formula is C6H2CsN3O7. The van der Waals surface area contributed by atoms with Crippen molar-refractivity contribution in [3.63, 3.8) is 0 Å². The summed E-state index contributed by atoms with van der Waals surface area (Å²) in [6.45, 7) is 0. The molecule has 0 aliphatic rings. The van der Waals surface area contributed by atoms with Crippen LogP contribution in [0.3, 0.4) is 0 Å². The van der Waals surface area contributed by atoms with Crippen molar-refractivity contribution in [2.24, 2.45) is 0 Å². The first kappa shape index (κ1) is 16.3. The Labute approximate surface area is 151 Å². The van der Waals surface area contributed by atoms with Crippen molar-refractivity contribution in [2.75, 3.05) is 0 Å². The molecule has 0 saturated carbocycles. The summed E-state index contributed by atoms with van der Waals surface area (Å²) in [5.74, 6) is -1.46. The summed E-state index contributed by atoms with van der Waals surface area (Å²) < 4.78 is 0. The Bertz CT molecular complexity index is 467. The summed E-state index contributed by atoms with van der Waals surface area (Å²) in [5, 5.41) is 42.1. The molecule has 11 heteroatoms. The standard InChI is InChI=1S/C6H3N3O7.Cs/c10-6-4(8(13)14)1-3(7(11)12)2-5(6)9(15)16;/h1-2,10H;/q;+1/p-1. The van der Waals surface area contributed by atoms with E-state index in [9.17, 15) is 35.4 Å². The molecular weight excluding hydrogens is 359 g/mol. The van der Waals surface area contributed by atoms with Gasteiger partial charge in [0.25, 0.3) is 17.1 Å². The maximum atomic E-state index is 11.1. The third-order valence-electron chi connectivity index (χ3n) is 1.64. The minimum absolute atomic E-state index is 0. The van der Waals surface area contributed by atoms with Gasteiger partial charge in [-0.2, -0.15) is 0 Å². The topological polar surface area (TPSA) is 152 Å². The number of rotatable bonds is 3. The second-order valence-corrected chi connectivity index (χ2v) is 2.58. The van der Waals surface area contributed by atoms with E-state index >= 15 is 0 Å². The maximum Gasteiger partial charge on any atom is 1.00 e. The van der Waals surface area contributed by atoms with Crippen molar-refractivity contribution in [3.8, 4) is 5.75 Å². The summed E-state index contributed by atoms with van der Waals surface area (Å²) in [6, 6.07) is 0.769. The molecule has 84 valence electrons. The first-order chi connectivity index (χ1) is 7.34. The fourth-order valence-corrected chi connectivity index (χ4v) is 0.961. The fourth-order valence-electron chi connectivity index (χ4n) is 0.961. The van der Waals surface area contributed by atoms with E-state index in [-0.39, 0.29) is 68.9 Å².